The molecule has 3 nitrogen and oxygen atoms in total. The minimum atomic E-state index is 0.183. The summed E-state index contributed by atoms with van der Waals surface area (Å²) in [7, 11) is 0. The molecule has 108 valence electrons. The van der Waals surface area contributed by atoms with Crippen LogP contribution >= 0.6 is 11.3 Å². The van der Waals surface area contributed by atoms with Crippen LogP contribution in [0.2, 0.25) is 0 Å². The molecule has 1 unspecified atom stereocenters. The first-order valence-electron chi connectivity index (χ1n) is 7.08. The Balaban J connectivity index is 1.86. The first-order chi connectivity index (χ1) is 8.94. The topological polar surface area (TPSA) is 24.5 Å². The van der Waals surface area contributed by atoms with Crippen LogP contribution in [0.4, 0.5) is 0 Å². The Hall–Kier alpha value is -0.420. The van der Waals surface area contributed by atoms with Gasteiger partial charge in [-0.15, -0.1) is 11.3 Å². The Labute approximate surface area is 121 Å². The van der Waals surface area contributed by atoms with E-state index in [1.807, 2.05) is 11.3 Å². The molecule has 1 aliphatic heterocycles. The molecule has 2 rings (SSSR count). The third kappa shape index (κ3) is 4.88. The fourth-order valence-electron chi connectivity index (χ4n) is 2.15. The van der Waals surface area contributed by atoms with Gasteiger partial charge in [0.1, 0.15) is 0 Å². The standard InChI is InChI=1S/C15H26N2OS/c1-12-11-18-8-7-17(12)10-14-6-5-13(19-14)9-16-15(2,3)4/h5-6,12,16H,7-11H2,1-4H3. The van der Waals surface area contributed by atoms with Crippen molar-refractivity contribution in [2.75, 3.05) is 19.8 Å². The average molecular weight is 282 g/mol. The molecule has 0 radical (unpaired) electrons. The lowest BCUT2D eigenvalue weighted by atomic mass is 10.1. The fourth-order valence-corrected chi connectivity index (χ4v) is 3.13. The molecule has 0 bridgehead atoms. The quantitative estimate of drug-likeness (QED) is 0.919. The number of ether oxygens (including phenoxy) is 1. The van der Waals surface area contributed by atoms with Gasteiger partial charge in [0.25, 0.3) is 0 Å². The third-order valence-electron chi connectivity index (χ3n) is 3.37. The number of hydrogen-bond acceptors (Lipinski definition) is 4. The highest BCUT2D eigenvalue weighted by Crippen LogP contribution is 2.21. The maximum Gasteiger partial charge on any atom is 0.0619 e. The molecule has 0 amide bonds. The van der Waals surface area contributed by atoms with Crippen LogP contribution in [0, 0.1) is 0 Å². The van der Waals surface area contributed by atoms with Crippen LogP contribution in [0.15, 0.2) is 12.1 Å². The third-order valence-corrected chi connectivity index (χ3v) is 4.44. The molecule has 4 heteroatoms. The molecular weight excluding hydrogens is 256 g/mol. The molecule has 0 aliphatic carbocycles. The van der Waals surface area contributed by atoms with E-state index in [1.165, 1.54) is 9.75 Å². The largest absolute Gasteiger partial charge is 0.379 e. The van der Waals surface area contributed by atoms with E-state index in [0.29, 0.717) is 6.04 Å². The number of hydrogen-bond donors (Lipinski definition) is 1. The van der Waals surface area contributed by atoms with Gasteiger partial charge in [-0.3, -0.25) is 4.90 Å². The van der Waals surface area contributed by atoms with Gasteiger partial charge in [-0.2, -0.15) is 0 Å². The molecule has 1 N–H and O–H groups in total. The molecule has 0 aromatic carbocycles. The first kappa shape index (κ1) is 15.0. The molecule has 2 heterocycles. The highest BCUT2D eigenvalue weighted by molar-refractivity contribution is 7.11. The van der Waals surface area contributed by atoms with Gasteiger partial charge >= 0.3 is 0 Å². The van der Waals surface area contributed by atoms with Gasteiger partial charge in [-0.25, -0.2) is 0 Å². The van der Waals surface area contributed by atoms with Crippen LogP contribution in [-0.2, 0) is 17.8 Å². The van der Waals surface area contributed by atoms with Gasteiger partial charge in [-0.1, -0.05) is 0 Å². The van der Waals surface area contributed by atoms with E-state index in [9.17, 15) is 0 Å². The molecule has 0 spiro atoms. The van der Waals surface area contributed by atoms with Gasteiger partial charge in [0, 0.05) is 41.0 Å². The first-order valence-corrected chi connectivity index (χ1v) is 7.90. The average Bonchev–Trinajstić information content (AvgIpc) is 2.77. The van der Waals surface area contributed by atoms with Crippen molar-refractivity contribution < 1.29 is 4.74 Å². The van der Waals surface area contributed by atoms with Gasteiger partial charge < -0.3 is 10.1 Å². The number of thiophene rings is 1. The Bertz CT molecular complexity index is 397. The molecule has 1 saturated heterocycles. The Morgan fingerprint density at radius 1 is 1.37 bits per heavy atom. The van der Waals surface area contributed by atoms with Crippen molar-refractivity contribution in [2.45, 2.75) is 52.4 Å². The van der Waals surface area contributed by atoms with Gasteiger partial charge in [-0.05, 0) is 39.8 Å². The Morgan fingerprint density at radius 3 is 2.79 bits per heavy atom. The van der Waals surface area contributed by atoms with Crippen LogP contribution in [-0.4, -0.2) is 36.2 Å². The lowest BCUT2D eigenvalue weighted by Gasteiger charge is -2.32. The number of rotatable bonds is 4. The molecule has 1 atom stereocenters. The molecule has 0 saturated carbocycles. The van der Waals surface area contributed by atoms with Gasteiger partial charge in [0.2, 0.25) is 0 Å². The lowest BCUT2D eigenvalue weighted by Crippen LogP contribution is -2.42. The Kier molecular flexibility index (Phi) is 5.01. The summed E-state index contributed by atoms with van der Waals surface area (Å²) in [5.41, 5.74) is 0.183. The molecule has 1 aromatic rings. The molecular formula is C15H26N2OS. The summed E-state index contributed by atoms with van der Waals surface area (Å²) >= 11 is 1.92. The summed E-state index contributed by atoms with van der Waals surface area (Å²) in [5, 5.41) is 3.54. The maximum atomic E-state index is 5.48. The molecule has 19 heavy (non-hydrogen) atoms. The highest BCUT2D eigenvalue weighted by atomic mass is 32.1. The van der Waals surface area contributed by atoms with Crippen molar-refractivity contribution >= 4 is 11.3 Å². The molecule has 1 aromatic heterocycles. The zero-order valence-corrected chi connectivity index (χ0v) is 13.3. The summed E-state index contributed by atoms with van der Waals surface area (Å²) in [6.45, 7) is 13.7. The van der Waals surface area contributed by atoms with E-state index >= 15 is 0 Å². The van der Waals surface area contributed by atoms with Crippen LogP contribution in [0.1, 0.15) is 37.4 Å². The summed E-state index contributed by atoms with van der Waals surface area (Å²) in [4.78, 5) is 5.39. The zero-order valence-electron chi connectivity index (χ0n) is 12.5. The monoisotopic (exact) mass is 282 g/mol. The second-order valence-corrected chi connectivity index (χ2v) is 7.62. The zero-order chi connectivity index (χ0) is 13.9. The van der Waals surface area contributed by atoms with E-state index in [2.05, 4.69) is 50.0 Å². The van der Waals surface area contributed by atoms with Crippen LogP contribution in [0.5, 0.6) is 0 Å². The minimum absolute atomic E-state index is 0.183. The van der Waals surface area contributed by atoms with Crippen LogP contribution in [0.25, 0.3) is 0 Å². The Morgan fingerprint density at radius 2 is 2.11 bits per heavy atom. The number of nitrogens with zero attached hydrogens (tertiary/aromatic N) is 1. The second-order valence-electron chi connectivity index (χ2n) is 6.37. The van der Waals surface area contributed by atoms with E-state index in [-0.39, 0.29) is 5.54 Å². The predicted octanol–water partition coefficient (Wildman–Crippen LogP) is 2.86. The van der Waals surface area contributed by atoms with Crippen LogP contribution in [0.3, 0.4) is 0 Å². The van der Waals surface area contributed by atoms with E-state index in [1.54, 1.807) is 0 Å². The summed E-state index contributed by atoms with van der Waals surface area (Å²) in [6.07, 6.45) is 0. The fraction of sp³-hybridized carbons (Fsp3) is 0.733. The predicted molar refractivity (Wildman–Crippen MR) is 81.6 cm³/mol. The molecule has 1 fully saturated rings. The van der Waals surface area contributed by atoms with Crippen molar-refractivity contribution in [2.24, 2.45) is 0 Å². The van der Waals surface area contributed by atoms with Crippen molar-refractivity contribution in [1.29, 1.82) is 0 Å². The summed E-state index contributed by atoms with van der Waals surface area (Å²) in [6, 6.07) is 5.06. The van der Waals surface area contributed by atoms with E-state index < -0.39 is 0 Å². The maximum absolute atomic E-state index is 5.48. The van der Waals surface area contributed by atoms with Crippen molar-refractivity contribution in [3.63, 3.8) is 0 Å². The van der Waals surface area contributed by atoms with Gasteiger partial charge in [0.15, 0.2) is 0 Å². The van der Waals surface area contributed by atoms with Gasteiger partial charge in [0.05, 0.1) is 13.2 Å². The lowest BCUT2D eigenvalue weighted by molar-refractivity contribution is -0.00391. The second kappa shape index (κ2) is 6.35. The minimum Gasteiger partial charge on any atom is -0.379 e. The normalized spacial score (nSPS) is 21.8. The number of morpholine rings is 1. The van der Waals surface area contributed by atoms with Crippen molar-refractivity contribution in [1.82, 2.24) is 10.2 Å². The van der Waals surface area contributed by atoms with Crippen molar-refractivity contribution in [3.05, 3.63) is 21.9 Å². The van der Waals surface area contributed by atoms with Crippen molar-refractivity contribution in [3.8, 4) is 0 Å². The summed E-state index contributed by atoms with van der Waals surface area (Å²) < 4.78 is 5.48. The highest BCUT2D eigenvalue weighted by Gasteiger charge is 2.19. The SMILES string of the molecule is CC1COCCN1Cc1ccc(CNC(C)(C)C)s1. The number of nitrogens with one attached hydrogen (secondary N) is 1. The van der Waals surface area contributed by atoms with E-state index in [4.69, 9.17) is 4.74 Å². The van der Waals surface area contributed by atoms with E-state index in [0.717, 1.165) is 32.8 Å². The summed E-state index contributed by atoms with van der Waals surface area (Å²) in [5.74, 6) is 0. The smallest absolute Gasteiger partial charge is 0.0619 e. The van der Waals surface area contributed by atoms with Crippen LogP contribution < -0.4 is 5.32 Å². The molecule has 1 aliphatic rings.